The summed E-state index contributed by atoms with van der Waals surface area (Å²) in [6, 6.07) is 6.18. The van der Waals surface area contributed by atoms with E-state index in [1.165, 1.54) is 12.1 Å². The molecule has 0 radical (unpaired) electrons. The molecule has 0 unspecified atom stereocenters. The maximum absolute atomic E-state index is 12.1. The molecule has 0 bridgehead atoms. The molecule has 2 rings (SSSR count). The first-order valence-corrected chi connectivity index (χ1v) is 7.78. The van der Waals surface area contributed by atoms with Crippen LogP contribution in [0.5, 0.6) is 0 Å². The second-order valence-corrected chi connectivity index (χ2v) is 6.36. The van der Waals surface area contributed by atoms with Gasteiger partial charge in [-0.2, -0.15) is 0 Å². The molecule has 1 amide bonds. The summed E-state index contributed by atoms with van der Waals surface area (Å²) in [6.07, 6.45) is 3.23. The van der Waals surface area contributed by atoms with Crippen molar-refractivity contribution in [1.82, 2.24) is 15.3 Å². The average molecular weight is 293 g/mol. The van der Waals surface area contributed by atoms with E-state index in [9.17, 15) is 13.2 Å². The maximum atomic E-state index is 12.1. The molecule has 2 aromatic rings. The fourth-order valence-electron chi connectivity index (χ4n) is 1.73. The van der Waals surface area contributed by atoms with Gasteiger partial charge in [-0.05, 0) is 12.1 Å². The number of sulfone groups is 1. The first-order chi connectivity index (χ1) is 9.54. The van der Waals surface area contributed by atoms with Gasteiger partial charge in [0.2, 0.25) is 0 Å². The standard InChI is InChI=1S/C13H15N3O3S/c1-2-20(18,19)11-6-4-3-5-10(11)13(17)16-9-12-14-7-8-15-12/h3-8H,2,9H2,1H3,(H,14,15)(H,16,17). The van der Waals surface area contributed by atoms with E-state index in [4.69, 9.17) is 0 Å². The van der Waals surface area contributed by atoms with Crippen LogP contribution in [-0.4, -0.2) is 30.0 Å². The molecule has 0 saturated carbocycles. The summed E-state index contributed by atoms with van der Waals surface area (Å²) in [4.78, 5) is 19.0. The van der Waals surface area contributed by atoms with Crippen LogP contribution in [0, 0.1) is 0 Å². The van der Waals surface area contributed by atoms with Crippen LogP contribution in [0.2, 0.25) is 0 Å². The number of amides is 1. The molecule has 0 saturated heterocycles. The molecule has 0 atom stereocenters. The highest BCUT2D eigenvalue weighted by molar-refractivity contribution is 7.91. The number of rotatable bonds is 5. The SMILES string of the molecule is CCS(=O)(=O)c1ccccc1C(=O)NCc1ncc[nH]1. The fraction of sp³-hybridized carbons (Fsp3) is 0.231. The molecule has 0 aliphatic heterocycles. The highest BCUT2D eigenvalue weighted by Crippen LogP contribution is 2.16. The van der Waals surface area contributed by atoms with Gasteiger partial charge in [0.25, 0.3) is 5.91 Å². The molecule has 0 spiro atoms. The molecule has 7 heteroatoms. The number of carbonyl (C=O) groups excluding carboxylic acids is 1. The second kappa shape index (κ2) is 5.87. The Hall–Kier alpha value is -2.15. The first kappa shape index (κ1) is 14.3. The number of H-pyrrole nitrogens is 1. The highest BCUT2D eigenvalue weighted by atomic mass is 32.2. The van der Waals surface area contributed by atoms with Crippen LogP contribution in [0.3, 0.4) is 0 Å². The normalized spacial score (nSPS) is 11.2. The van der Waals surface area contributed by atoms with Crippen molar-refractivity contribution in [3.05, 3.63) is 48.0 Å². The third-order valence-electron chi connectivity index (χ3n) is 2.82. The van der Waals surface area contributed by atoms with E-state index >= 15 is 0 Å². The van der Waals surface area contributed by atoms with Gasteiger partial charge < -0.3 is 10.3 Å². The summed E-state index contributed by atoms with van der Waals surface area (Å²) in [5, 5.41) is 2.64. The molecule has 0 fully saturated rings. The Morgan fingerprint density at radius 1 is 1.35 bits per heavy atom. The molecule has 1 heterocycles. The number of nitrogens with zero attached hydrogens (tertiary/aromatic N) is 1. The summed E-state index contributed by atoms with van der Waals surface area (Å²) >= 11 is 0. The van der Waals surface area contributed by atoms with Crippen molar-refractivity contribution in [2.24, 2.45) is 0 Å². The molecule has 6 nitrogen and oxygen atoms in total. The number of benzene rings is 1. The molecule has 2 N–H and O–H groups in total. The minimum Gasteiger partial charge on any atom is -0.347 e. The summed E-state index contributed by atoms with van der Waals surface area (Å²) in [5.74, 6) is 0.123. The number of carbonyl (C=O) groups is 1. The zero-order valence-corrected chi connectivity index (χ0v) is 11.8. The second-order valence-electron chi connectivity index (χ2n) is 4.12. The Morgan fingerprint density at radius 3 is 2.75 bits per heavy atom. The Kier molecular flexibility index (Phi) is 4.19. The predicted molar refractivity (Wildman–Crippen MR) is 73.9 cm³/mol. The van der Waals surface area contributed by atoms with Crippen LogP contribution in [0.15, 0.2) is 41.6 Å². The Morgan fingerprint density at radius 2 is 2.10 bits per heavy atom. The van der Waals surface area contributed by atoms with Gasteiger partial charge in [-0.15, -0.1) is 0 Å². The van der Waals surface area contributed by atoms with Crippen molar-refractivity contribution in [2.75, 3.05) is 5.75 Å². The van der Waals surface area contributed by atoms with E-state index in [1.54, 1.807) is 31.5 Å². The lowest BCUT2D eigenvalue weighted by molar-refractivity contribution is 0.0946. The van der Waals surface area contributed by atoms with Gasteiger partial charge in [0, 0.05) is 12.4 Å². The Labute approximate surface area is 117 Å². The van der Waals surface area contributed by atoms with Crippen molar-refractivity contribution in [3.63, 3.8) is 0 Å². The van der Waals surface area contributed by atoms with E-state index in [-0.39, 0.29) is 22.8 Å². The summed E-state index contributed by atoms with van der Waals surface area (Å²) < 4.78 is 23.9. The number of hydrogen-bond donors (Lipinski definition) is 2. The third-order valence-corrected chi connectivity index (χ3v) is 4.60. The van der Waals surface area contributed by atoms with Gasteiger partial charge in [0.1, 0.15) is 5.82 Å². The Bertz CT molecular complexity index is 693. The molecule has 1 aromatic heterocycles. The van der Waals surface area contributed by atoms with Crippen LogP contribution in [0.25, 0.3) is 0 Å². The quantitative estimate of drug-likeness (QED) is 0.864. The molecular formula is C13H15N3O3S. The number of nitrogens with one attached hydrogen (secondary N) is 2. The van der Waals surface area contributed by atoms with Crippen molar-refractivity contribution in [2.45, 2.75) is 18.4 Å². The van der Waals surface area contributed by atoms with Crippen molar-refractivity contribution >= 4 is 15.7 Å². The first-order valence-electron chi connectivity index (χ1n) is 6.13. The minimum atomic E-state index is -3.43. The van der Waals surface area contributed by atoms with E-state index in [0.717, 1.165) is 0 Å². The van der Waals surface area contributed by atoms with Gasteiger partial charge in [-0.1, -0.05) is 19.1 Å². The van der Waals surface area contributed by atoms with Crippen molar-refractivity contribution in [3.8, 4) is 0 Å². The van der Waals surface area contributed by atoms with Crippen molar-refractivity contribution in [1.29, 1.82) is 0 Å². The van der Waals surface area contributed by atoms with Crippen molar-refractivity contribution < 1.29 is 13.2 Å². The van der Waals surface area contributed by atoms with Gasteiger partial charge in [0.15, 0.2) is 9.84 Å². The fourth-order valence-corrected chi connectivity index (χ4v) is 2.83. The number of imidazole rings is 1. The summed E-state index contributed by atoms with van der Waals surface area (Å²) in [5.41, 5.74) is 0.154. The highest BCUT2D eigenvalue weighted by Gasteiger charge is 2.20. The zero-order valence-electron chi connectivity index (χ0n) is 11.0. The maximum Gasteiger partial charge on any atom is 0.252 e. The smallest absolute Gasteiger partial charge is 0.252 e. The molecule has 0 aliphatic carbocycles. The van der Waals surface area contributed by atoms with E-state index in [0.29, 0.717) is 5.82 Å². The summed E-state index contributed by atoms with van der Waals surface area (Å²) in [6.45, 7) is 1.76. The summed E-state index contributed by atoms with van der Waals surface area (Å²) in [7, 11) is -3.43. The lowest BCUT2D eigenvalue weighted by Crippen LogP contribution is -2.25. The van der Waals surface area contributed by atoms with Gasteiger partial charge in [-0.25, -0.2) is 13.4 Å². The number of aromatic amines is 1. The molecule has 106 valence electrons. The van der Waals surface area contributed by atoms with Crippen LogP contribution in [-0.2, 0) is 16.4 Å². The minimum absolute atomic E-state index is 0.0462. The van der Waals surface area contributed by atoms with Crippen LogP contribution in [0.1, 0.15) is 23.1 Å². The topological polar surface area (TPSA) is 91.9 Å². The van der Waals surface area contributed by atoms with E-state index < -0.39 is 15.7 Å². The van der Waals surface area contributed by atoms with Gasteiger partial charge in [0.05, 0.1) is 22.8 Å². The molecule has 20 heavy (non-hydrogen) atoms. The van der Waals surface area contributed by atoms with Crippen LogP contribution in [0.4, 0.5) is 0 Å². The lowest BCUT2D eigenvalue weighted by atomic mass is 10.2. The van der Waals surface area contributed by atoms with Crippen LogP contribution < -0.4 is 5.32 Å². The zero-order chi connectivity index (χ0) is 14.6. The Balaban J connectivity index is 2.22. The average Bonchev–Trinajstić information content (AvgIpc) is 2.98. The van der Waals surface area contributed by atoms with E-state index in [2.05, 4.69) is 15.3 Å². The number of hydrogen-bond acceptors (Lipinski definition) is 4. The monoisotopic (exact) mass is 293 g/mol. The van der Waals surface area contributed by atoms with Crippen LogP contribution >= 0.6 is 0 Å². The lowest BCUT2D eigenvalue weighted by Gasteiger charge is -2.09. The molecule has 0 aliphatic rings. The predicted octanol–water partition coefficient (Wildman–Crippen LogP) is 1.13. The van der Waals surface area contributed by atoms with Gasteiger partial charge >= 0.3 is 0 Å². The third kappa shape index (κ3) is 3.05. The van der Waals surface area contributed by atoms with Gasteiger partial charge in [-0.3, -0.25) is 4.79 Å². The largest absolute Gasteiger partial charge is 0.347 e. The number of aromatic nitrogens is 2. The molecular weight excluding hydrogens is 278 g/mol. The van der Waals surface area contributed by atoms with E-state index in [1.807, 2.05) is 0 Å². The molecule has 1 aromatic carbocycles.